The smallest absolute Gasteiger partial charge is 0.0521 e. The maximum absolute atomic E-state index is 8.53. The quantitative estimate of drug-likeness (QED) is 0.699. The van der Waals surface area contributed by atoms with E-state index in [9.17, 15) is 0 Å². The number of aromatic nitrogens is 1. The van der Waals surface area contributed by atoms with E-state index in [0.29, 0.717) is 0 Å². The second-order valence-electron chi connectivity index (χ2n) is 2.41. The van der Waals surface area contributed by atoms with Gasteiger partial charge in [-0.05, 0) is 24.3 Å². The Hall–Kier alpha value is -0.540. The molecule has 66 valence electrons. The van der Waals surface area contributed by atoms with Gasteiger partial charge in [-0.25, -0.2) is 0 Å². The molecule has 0 aromatic carbocycles. The summed E-state index contributed by atoms with van der Waals surface area (Å²) in [5.74, 6) is 1.87. The van der Waals surface area contributed by atoms with E-state index in [-0.39, 0.29) is 6.61 Å². The van der Waals surface area contributed by atoms with Gasteiger partial charge in [0.15, 0.2) is 0 Å². The first-order valence-corrected chi connectivity index (χ1v) is 5.17. The van der Waals surface area contributed by atoms with Crippen LogP contribution in [0.25, 0.3) is 0 Å². The topological polar surface area (TPSA) is 33.1 Å². The predicted octanol–water partition coefficient (Wildman–Crippen LogP) is 1.35. The summed E-state index contributed by atoms with van der Waals surface area (Å²) in [5.41, 5.74) is 1.13. The molecule has 12 heavy (non-hydrogen) atoms. The Morgan fingerprint density at radius 1 is 1.33 bits per heavy atom. The van der Waals surface area contributed by atoms with Crippen molar-refractivity contribution in [2.24, 2.45) is 0 Å². The van der Waals surface area contributed by atoms with Gasteiger partial charge in [-0.15, -0.1) is 0 Å². The maximum atomic E-state index is 8.53. The summed E-state index contributed by atoms with van der Waals surface area (Å²) in [6.45, 7) is 0.271. The molecule has 0 spiro atoms. The zero-order chi connectivity index (χ0) is 8.65. The average molecular weight is 183 g/mol. The standard InChI is InChI=1S/C9H13NOS/c11-6-8-12-7-4-9-3-1-2-5-10-9/h1-3,5,11H,4,6-8H2. The minimum absolute atomic E-state index is 0.271. The lowest BCUT2D eigenvalue weighted by atomic mass is 10.3. The van der Waals surface area contributed by atoms with Gasteiger partial charge in [0.25, 0.3) is 0 Å². The van der Waals surface area contributed by atoms with Crippen LogP contribution in [0.15, 0.2) is 24.4 Å². The second-order valence-corrected chi connectivity index (χ2v) is 3.63. The Bertz CT molecular complexity index is 203. The fourth-order valence-corrected chi connectivity index (χ4v) is 1.58. The molecule has 0 aliphatic carbocycles. The third-order valence-electron chi connectivity index (χ3n) is 1.46. The number of thioether (sulfide) groups is 1. The number of nitrogens with zero attached hydrogens (tertiary/aromatic N) is 1. The summed E-state index contributed by atoms with van der Waals surface area (Å²) >= 11 is 1.76. The highest BCUT2D eigenvalue weighted by Gasteiger charge is 1.92. The van der Waals surface area contributed by atoms with E-state index in [2.05, 4.69) is 4.98 Å². The van der Waals surface area contributed by atoms with Crippen LogP contribution in [0.4, 0.5) is 0 Å². The van der Waals surface area contributed by atoms with E-state index < -0.39 is 0 Å². The Kier molecular flexibility index (Phi) is 4.80. The average Bonchev–Trinajstić information content (AvgIpc) is 2.14. The molecule has 0 fully saturated rings. The van der Waals surface area contributed by atoms with Crippen LogP contribution in [0.1, 0.15) is 5.69 Å². The van der Waals surface area contributed by atoms with E-state index in [1.807, 2.05) is 24.4 Å². The highest BCUT2D eigenvalue weighted by molar-refractivity contribution is 7.99. The van der Waals surface area contributed by atoms with Gasteiger partial charge in [0.1, 0.15) is 0 Å². The Labute approximate surface area is 77.0 Å². The van der Waals surface area contributed by atoms with E-state index in [0.717, 1.165) is 23.6 Å². The molecule has 0 radical (unpaired) electrons. The minimum Gasteiger partial charge on any atom is -0.396 e. The molecule has 0 amide bonds. The molecule has 0 aliphatic rings. The fraction of sp³-hybridized carbons (Fsp3) is 0.444. The van der Waals surface area contributed by atoms with E-state index in [4.69, 9.17) is 5.11 Å². The zero-order valence-corrected chi connectivity index (χ0v) is 7.76. The van der Waals surface area contributed by atoms with Crippen molar-refractivity contribution in [3.8, 4) is 0 Å². The molecule has 2 nitrogen and oxygen atoms in total. The predicted molar refractivity (Wildman–Crippen MR) is 52.4 cm³/mol. The monoisotopic (exact) mass is 183 g/mol. The molecule has 1 heterocycles. The van der Waals surface area contributed by atoms with Crippen LogP contribution < -0.4 is 0 Å². The Morgan fingerprint density at radius 3 is 2.92 bits per heavy atom. The number of rotatable bonds is 5. The highest BCUT2D eigenvalue weighted by atomic mass is 32.2. The van der Waals surface area contributed by atoms with Crippen LogP contribution in [0.2, 0.25) is 0 Å². The van der Waals surface area contributed by atoms with Gasteiger partial charge < -0.3 is 5.11 Å². The zero-order valence-electron chi connectivity index (χ0n) is 6.94. The number of pyridine rings is 1. The molecule has 0 saturated heterocycles. The van der Waals surface area contributed by atoms with Gasteiger partial charge in [-0.1, -0.05) is 6.07 Å². The summed E-state index contributed by atoms with van der Waals surface area (Å²) in [5, 5.41) is 8.53. The molecule has 0 bridgehead atoms. The molecule has 1 N–H and O–H groups in total. The summed E-state index contributed by atoms with van der Waals surface area (Å²) in [7, 11) is 0. The van der Waals surface area contributed by atoms with Gasteiger partial charge in [-0.3, -0.25) is 4.98 Å². The van der Waals surface area contributed by atoms with Crippen molar-refractivity contribution in [3.05, 3.63) is 30.1 Å². The van der Waals surface area contributed by atoms with E-state index >= 15 is 0 Å². The lowest BCUT2D eigenvalue weighted by molar-refractivity contribution is 0.322. The summed E-state index contributed by atoms with van der Waals surface area (Å²) in [6, 6.07) is 5.95. The molecule has 1 aromatic heterocycles. The van der Waals surface area contributed by atoms with Crippen LogP contribution in [0.5, 0.6) is 0 Å². The van der Waals surface area contributed by atoms with Crippen molar-refractivity contribution >= 4 is 11.8 Å². The minimum atomic E-state index is 0.271. The van der Waals surface area contributed by atoms with Gasteiger partial charge in [0.2, 0.25) is 0 Å². The molecule has 1 rings (SSSR count). The van der Waals surface area contributed by atoms with Crippen molar-refractivity contribution in [2.75, 3.05) is 18.1 Å². The first-order valence-electron chi connectivity index (χ1n) is 4.02. The van der Waals surface area contributed by atoms with Crippen LogP contribution in [0.3, 0.4) is 0 Å². The first-order chi connectivity index (χ1) is 5.93. The van der Waals surface area contributed by atoms with Crippen LogP contribution in [0, 0.1) is 0 Å². The number of aryl methyl sites for hydroxylation is 1. The lowest BCUT2D eigenvalue weighted by Crippen LogP contribution is -1.94. The molecule has 1 aromatic rings. The number of aliphatic hydroxyl groups is 1. The number of hydrogen-bond acceptors (Lipinski definition) is 3. The Morgan fingerprint density at radius 2 is 2.25 bits per heavy atom. The SMILES string of the molecule is OCCSCCc1ccccn1. The summed E-state index contributed by atoms with van der Waals surface area (Å²) in [6.07, 6.45) is 2.80. The third kappa shape index (κ3) is 3.74. The number of hydrogen-bond donors (Lipinski definition) is 1. The van der Waals surface area contributed by atoms with E-state index in [1.165, 1.54) is 0 Å². The maximum Gasteiger partial charge on any atom is 0.0521 e. The van der Waals surface area contributed by atoms with Crippen molar-refractivity contribution < 1.29 is 5.11 Å². The molecular formula is C9H13NOS. The van der Waals surface area contributed by atoms with Crippen molar-refractivity contribution in [1.82, 2.24) is 4.98 Å². The van der Waals surface area contributed by atoms with Gasteiger partial charge >= 0.3 is 0 Å². The van der Waals surface area contributed by atoms with Gasteiger partial charge in [0.05, 0.1) is 6.61 Å². The first kappa shape index (κ1) is 9.55. The highest BCUT2D eigenvalue weighted by Crippen LogP contribution is 2.03. The Balaban J connectivity index is 2.16. The second kappa shape index (κ2) is 6.03. The van der Waals surface area contributed by atoms with Crippen LogP contribution in [-0.2, 0) is 6.42 Å². The van der Waals surface area contributed by atoms with Gasteiger partial charge in [0, 0.05) is 17.6 Å². The number of aliphatic hydroxyl groups excluding tert-OH is 1. The van der Waals surface area contributed by atoms with Crippen LogP contribution in [-0.4, -0.2) is 28.2 Å². The van der Waals surface area contributed by atoms with Crippen LogP contribution >= 0.6 is 11.8 Å². The molecule has 3 heteroatoms. The normalized spacial score (nSPS) is 10.1. The fourth-order valence-electron chi connectivity index (χ4n) is 0.889. The summed E-state index contributed by atoms with van der Waals surface area (Å²) in [4.78, 5) is 4.20. The molecular weight excluding hydrogens is 170 g/mol. The van der Waals surface area contributed by atoms with Crippen molar-refractivity contribution in [1.29, 1.82) is 0 Å². The molecule has 0 unspecified atom stereocenters. The molecule has 0 aliphatic heterocycles. The molecule has 0 saturated carbocycles. The summed E-state index contributed by atoms with van der Waals surface area (Å²) < 4.78 is 0. The van der Waals surface area contributed by atoms with Crippen molar-refractivity contribution in [2.45, 2.75) is 6.42 Å². The third-order valence-corrected chi connectivity index (χ3v) is 2.43. The molecule has 0 atom stereocenters. The van der Waals surface area contributed by atoms with Crippen molar-refractivity contribution in [3.63, 3.8) is 0 Å². The lowest BCUT2D eigenvalue weighted by Gasteiger charge is -1.98. The van der Waals surface area contributed by atoms with E-state index in [1.54, 1.807) is 11.8 Å². The largest absolute Gasteiger partial charge is 0.396 e. The van der Waals surface area contributed by atoms with Gasteiger partial charge in [-0.2, -0.15) is 11.8 Å².